The van der Waals surface area contributed by atoms with Crippen molar-refractivity contribution < 1.29 is 22.4 Å². The smallest absolute Gasteiger partial charge is 0.304 e. The molecule has 3 aromatic carbocycles. The van der Waals surface area contributed by atoms with Crippen molar-refractivity contribution in [3.63, 3.8) is 0 Å². The van der Waals surface area contributed by atoms with Crippen molar-refractivity contribution in [2.75, 3.05) is 24.9 Å². The molecule has 2 amide bonds. The second kappa shape index (κ2) is 14.6. The average Bonchev–Trinajstić information content (AvgIpc) is 3.00. The number of benzene rings is 3. The molecule has 1 aliphatic rings. The molecule has 0 aromatic heterocycles. The number of hydrogen-bond donors (Lipinski definition) is 1. The number of nitrogens with one attached hydrogen (secondary N) is 1. The van der Waals surface area contributed by atoms with Crippen LogP contribution in [0.2, 0.25) is 0 Å². The molecular formula is C33H41FN4O4S. The molecule has 43 heavy (non-hydrogen) atoms. The van der Waals surface area contributed by atoms with Gasteiger partial charge in [-0.05, 0) is 55.2 Å². The molecule has 3 aromatic rings. The van der Waals surface area contributed by atoms with E-state index in [1.165, 1.54) is 31.1 Å². The molecule has 0 saturated heterocycles. The van der Waals surface area contributed by atoms with E-state index in [9.17, 15) is 22.4 Å². The molecule has 0 radical (unpaired) electrons. The van der Waals surface area contributed by atoms with Gasteiger partial charge in [0.05, 0.1) is 5.69 Å². The van der Waals surface area contributed by atoms with Crippen LogP contribution in [0.25, 0.3) is 0 Å². The maximum atomic E-state index is 14.3. The maximum Gasteiger partial charge on any atom is 0.304 e. The van der Waals surface area contributed by atoms with E-state index in [1.54, 1.807) is 0 Å². The molecule has 1 aliphatic carbocycles. The van der Waals surface area contributed by atoms with Gasteiger partial charge in [0, 0.05) is 33.1 Å². The fourth-order valence-corrected chi connectivity index (χ4v) is 6.37. The lowest BCUT2D eigenvalue weighted by Gasteiger charge is -2.35. The standard InChI is InChI=1S/C33H41FN4O4S/c1-25-14-16-27(17-15-25)23-37(32(39)24-38(43(41,42)36(2)3)30-20-18-28(34)19-21-30)31(22-26-10-6-4-7-11-26)33(40)35-29-12-8-5-9-13-29/h4,6-7,10-11,14-21,29,31H,5,8-9,12-13,22-24H2,1-3H3,(H,35,40)/t31-/m1/s1. The largest absolute Gasteiger partial charge is 0.352 e. The number of aryl methyl sites for hydroxylation is 1. The number of carbonyl (C=O) groups excluding carboxylic acids is 2. The predicted octanol–water partition coefficient (Wildman–Crippen LogP) is 4.84. The highest BCUT2D eigenvalue weighted by atomic mass is 32.2. The number of rotatable bonds is 12. The van der Waals surface area contributed by atoms with Gasteiger partial charge in [-0.15, -0.1) is 0 Å². The predicted molar refractivity (Wildman–Crippen MR) is 167 cm³/mol. The normalized spacial score (nSPS) is 14.7. The third kappa shape index (κ3) is 8.64. The van der Waals surface area contributed by atoms with Gasteiger partial charge in [0.15, 0.2) is 0 Å². The van der Waals surface area contributed by atoms with E-state index in [4.69, 9.17) is 0 Å². The van der Waals surface area contributed by atoms with Gasteiger partial charge in [-0.1, -0.05) is 79.4 Å². The van der Waals surface area contributed by atoms with Crippen molar-refractivity contribution in [2.45, 2.75) is 64.1 Å². The van der Waals surface area contributed by atoms with E-state index in [1.807, 2.05) is 61.5 Å². The quantitative estimate of drug-likeness (QED) is 0.319. The van der Waals surface area contributed by atoms with Gasteiger partial charge in [0.25, 0.3) is 0 Å². The lowest BCUT2D eigenvalue weighted by molar-refractivity contribution is -0.140. The molecule has 10 heteroatoms. The van der Waals surface area contributed by atoms with E-state index in [0.717, 1.165) is 69.5 Å². The Labute approximate surface area is 254 Å². The van der Waals surface area contributed by atoms with E-state index in [0.29, 0.717) is 0 Å². The minimum atomic E-state index is -4.14. The van der Waals surface area contributed by atoms with E-state index in [2.05, 4.69) is 5.32 Å². The Balaban J connectivity index is 1.74. The summed E-state index contributed by atoms with van der Waals surface area (Å²) in [5.74, 6) is -1.34. The lowest BCUT2D eigenvalue weighted by Crippen LogP contribution is -2.55. The van der Waals surface area contributed by atoms with Crippen LogP contribution in [0.4, 0.5) is 10.1 Å². The Bertz CT molecular complexity index is 1460. The first-order chi connectivity index (χ1) is 20.5. The molecule has 0 aliphatic heterocycles. The van der Waals surface area contributed by atoms with Gasteiger partial charge in [0.2, 0.25) is 11.8 Å². The van der Waals surface area contributed by atoms with Crippen LogP contribution in [0.15, 0.2) is 78.9 Å². The molecular weight excluding hydrogens is 567 g/mol. The monoisotopic (exact) mass is 608 g/mol. The van der Waals surface area contributed by atoms with Gasteiger partial charge in [-0.2, -0.15) is 12.7 Å². The van der Waals surface area contributed by atoms with E-state index < -0.39 is 34.5 Å². The van der Waals surface area contributed by atoms with Crippen LogP contribution >= 0.6 is 0 Å². The Morgan fingerprint density at radius 1 is 0.884 bits per heavy atom. The summed E-state index contributed by atoms with van der Waals surface area (Å²) in [6.45, 7) is 1.50. The van der Waals surface area contributed by atoms with Crippen LogP contribution in [0.3, 0.4) is 0 Å². The van der Waals surface area contributed by atoms with Gasteiger partial charge >= 0.3 is 10.2 Å². The van der Waals surface area contributed by atoms with Crippen LogP contribution in [-0.2, 0) is 32.8 Å². The zero-order chi connectivity index (χ0) is 31.0. The first kappa shape index (κ1) is 32.2. The first-order valence-corrected chi connectivity index (χ1v) is 16.1. The van der Waals surface area contributed by atoms with Crippen molar-refractivity contribution in [1.29, 1.82) is 0 Å². The molecule has 230 valence electrons. The van der Waals surface area contributed by atoms with Gasteiger partial charge < -0.3 is 10.2 Å². The summed E-state index contributed by atoms with van der Waals surface area (Å²) in [4.78, 5) is 29.8. The number of hydrogen-bond acceptors (Lipinski definition) is 4. The number of halogens is 1. The molecule has 1 saturated carbocycles. The fraction of sp³-hybridized carbons (Fsp3) is 0.394. The molecule has 0 unspecified atom stereocenters. The van der Waals surface area contributed by atoms with Gasteiger partial charge in [-0.3, -0.25) is 9.59 Å². The Kier molecular flexibility index (Phi) is 10.9. The number of carbonyl (C=O) groups is 2. The Morgan fingerprint density at radius 3 is 2.12 bits per heavy atom. The zero-order valence-electron chi connectivity index (χ0n) is 25.1. The highest BCUT2D eigenvalue weighted by molar-refractivity contribution is 7.90. The summed E-state index contributed by atoms with van der Waals surface area (Å²) < 4.78 is 42.6. The van der Waals surface area contributed by atoms with E-state index >= 15 is 0 Å². The van der Waals surface area contributed by atoms with Gasteiger partial charge in [0.1, 0.15) is 18.4 Å². The number of anilines is 1. The Morgan fingerprint density at radius 2 is 1.51 bits per heavy atom. The molecule has 0 bridgehead atoms. The summed E-state index contributed by atoms with van der Waals surface area (Å²) in [6.07, 6.45) is 5.24. The highest BCUT2D eigenvalue weighted by Gasteiger charge is 2.35. The number of nitrogens with zero attached hydrogens (tertiary/aromatic N) is 3. The minimum Gasteiger partial charge on any atom is -0.352 e. The maximum absolute atomic E-state index is 14.3. The van der Waals surface area contributed by atoms with Crippen LogP contribution in [0.1, 0.15) is 48.8 Å². The highest BCUT2D eigenvalue weighted by Crippen LogP contribution is 2.23. The third-order valence-corrected chi connectivity index (χ3v) is 9.65. The number of amides is 2. The van der Waals surface area contributed by atoms with Crippen LogP contribution in [0, 0.1) is 12.7 Å². The van der Waals surface area contributed by atoms with Crippen molar-refractivity contribution in [2.24, 2.45) is 0 Å². The fourth-order valence-electron chi connectivity index (χ4n) is 5.31. The molecule has 1 fully saturated rings. The summed E-state index contributed by atoms with van der Waals surface area (Å²) in [6, 6.07) is 21.3. The summed E-state index contributed by atoms with van der Waals surface area (Å²) in [7, 11) is -1.40. The third-order valence-electron chi connectivity index (χ3n) is 7.83. The summed E-state index contributed by atoms with van der Waals surface area (Å²) in [5.41, 5.74) is 2.89. The second-order valence-corrected chi connectivity index (χ2v) is 13.4. The molecule has 0 spiro atoms. The molecule has 1 atom stereocenters. The van der Waals surface area contributed by atoms with Crippen molar-refractivity contribution in [3.8, 4) is 0 Å². The topological polar surface area (TPSA) is 90.0 Å². The molecule has 8 nitrogen and oxygen atoms in total. The minimum absolute atomic E-state index is 0.0284. The van der Waals surface area contributed by atoms with Gasteiger partial charge in [-0.25, -0.2) is 8.70 Å². The SMILES string of the molecule is Cc1ccc(CN(C(=O)CN(c2ccc(F)cc2)S(=O)(=O)N(C)C)[C@H](Cc2ccccc2)C(=O)NC2CCCCC2)cc1. The molecule has 1 N–H and O–H groups in total. The first-order valence-electron chi connectivity index (χ1n) is 14.7. The van der Waals surface area contributed by atoms with Crippen molar-refractivity contribution in [3.05, 3.63) is 101 Å². The zero-order valence-corrected chi connectivity index (χ0v) is 25.9. The van der Waals surface area contributed by atoms with Crippen LogP contribution in [-0.4, -0.2) is 62.2 Å². The average molecular weight is 609 g/mol. The van der Waals surface area contributed by atoms with Crippen LogP contribution < -0.4 is 9.62 Å². The summed E-state index contributed by atoms with van der Waals surface area (Å²) >= 11 is 0. The molecule has 0 heterocycles. The van der Waals surface area contributed by atoms with Crippen molar-refractivity contribution >= 4 is 27.7 Å². The second-order valence-electron chi connectivity index (χ2n) is 11.3. The molecule has 4 rings (SSSR count). The Hall–Kier alpha value is -3.76. The van der Waals surface area contributed by atoms with Crippen molar-refractivity contribution in [1.82, 2.24) is 14.5 Å². The van der Waals surface area contributed by atoms with E-state index in [-0.39, 0.29) is 30.6 Å². The lowest BCUT2D eigenvalue weighted by atomic mass is 9.94. The summed E-state index contributed by atoms with van der Waals surface area (Å²) in [5, 5.41) is 3.19. The van der Waals surface area contributed by atoms with Crippen LogP contribution in [0.5, 0.6) is 0 Å².